The quantitative estimate of drug-likeness (QED) is 0.0450. The van der Waals surface area contributed by atoms with Gasteiger partial charge in [-0.15, -0.1) is 0 Å². The third-order valence-electron chi connectivity index (χ3n) is 15.8. The summed E-state index contributed by atoms with van der Waals surface area (Å²) in [5.41, 5.74) is 0. The van der Waals surface area contributed by atoms with E-state index in [0.717, 1.165) is 12.8 Å². The van der Waals surface area contributed by atoms with Crippen molar-refractivity contribution in [3.63, 3.8) is 0 Å². The van der Waals surface area contributed by atoms with Gasteiger partial charge in [0.25, 0.3) is 0 Å². The summed E-state index contributed by atoms with van der Waals surface area (Å²) in [4.78, 5) is 24.6. The zero-order chi connectivity index (χ0) is 52.7. The first-order valence-corrected chi connectivity index (χ1v) is 33.8. The molecule has 0 aromatic rings. The third kappa shape index (κ3) is 63.2. The Morgan fingerprint density at radius 1 is 0.222 bits per heavy atom. The molecular formula is C68H136O4. The Hall–Kier alpha value is -1.06. The van der Waals surface area contributed by atoms with E-state index in [1.807, 2.05) is 0 Å². The standard InChI is InChI=1S/C36H72O2.C32H64O2/c1-4-7-10-13-16-18-19-20-21-22-24-27-30-33-36(37)38-34-35(31-28-25-15-12-9-6-3)32-29-26-23-17-14-11-8-5-2;1-4-7-10-13-15-16-17-18-19-20-21-23-26-29-32(33)34-30-31(27-24-12-9-6-3)28-25-22-14-11-8-5-2/h35H,4-34H2,1-3H3;31H,4-30H2,1-3H3. The molecule has 0 aromatic heterocycles. The molecule has 4 nitrogen and oxygen atoms in total. The lowest BCUT2D eigenvalue weighted by Crippen LogP contribution is -2.14. The zero-order valence-electron chi connectivity index (χ0n) is 50.8. The van der Waals surface area contributed by atoms with Gasteiger partial charge in [-0.25, -0.2) is 0 Å². The van der Waals surface area contributed by atoms with Crippen LogP contribution >= 0.6 is 0 Å². The molecule has 0 aromatic carbocycles. The fourth-order valence-corrected chi connectivity index (χ4v) is 10.6. The molecule has 0 N–H and O–H groups in total. The van der Waals surface area contributed by atoms with Gasteiger partial charge in [0.1, 0.15) is 0 Å². The smallest absolute Gasteiger partial charge is 0.305 e. The number of rotatable bonds is 60. The molecular weight excluding hydrogens is 881 g/mol. The van der Waals surface area contributed by atoms with Crippen molar-refractivity contribution in [1.82, 2.24) is 0 Å². The number of carbonyl (C=O) groups excluding carboxylic acids is 2. The van der Waals surface area contributed by atoms with Crippen LogP contribution in [0.3, 0.4) is 0 Å². The molecule has 0 radical (unpaired) electrons. The first kappa shape index (κ1) is 73.0. The first-order valence-electron chi connectivity index (χ1n) is 33.8. The van der Waals surface area contributed by atoms with Crippen molar-refractivity contribution in [3.05, 3.63) is 0 Å². The van der Waals surface area contributed by atoms with Crippen molar-refractivity contribution >= 4 is 11.9 Å². The third-order valence-corrected chi connectivity index (χ3v) is 15.8. The van der Waals surface area contributed by atoms with E-state index in [0.29, 0.717) is 37.9 Å². The molecule has 0 aliphatic carbocycles. The van der Waals surface area contributed by atoms with Crippen LogP contribution in [-0.2, 0) is 19.1 Å². The molecule has 0 saturated carbocycles. The van der Waals surface area contributed by atoms with Gasteiger partial charge < -0.3 is 9.47 Å². The Morgan fingerprint density at radius 3 is 0.569 bits per heavy atom. The number of carbonyl (C=O) groups is 2. The highest BCUT2D eigenvalue weighted by Gasteiger charge is 2.14. The van der Waals surface area contributed by atoms with Gasteiger partial charge in [0.15, 0.2) is 0 Å². The lowest BCUT2D eigenvalue weighted by atomic mass is 9.94. The molecule has 72 heavy (non-hydrogen) atoms. The highest BCUT2D eigenvalue weighted by molar-refractivity contribution is 5.69. The molecule has 0 spiro atoms. The van der Waals surface area contributed by atoms with Crippen LogP contribution in [0.1, 0.15) is 401 Å². The van der Waals surface area contributed by atoms with Gasteiger partial charge in [0, 0.05) is 12.8 Å². The van der Waals surface area contributed by atoms with E-state index in [4.69, 9.17) is 9.47 Å². The predicted molar refractivity (Wildman–Crippen MR) is 321 cm³/mol. The molecule has 0 amide bonds. The SMILES string of the molecule is CCCCCCCCCCCCCCCC(=O)OCC(CCCCCC)CCCCCCCC.CCCCCCCCCCCCCCCC(=O)OCC(CCCCCCCC)CCCCCCCCCC. The summed E-state index contributed by atoms with van der Waals surface area (Å²) in [7, 11) is 0. The molecule has 2 atom stereocenters. The van der Waals surface area contributed by atoms with E-state index >= 15 is 0 Å². The van der Waals surface area contributed by atoms with Gasteiger partial charge in [-0.2, -0.15) is 0 Å². The molecule has 0 aliphatic heterocycles. The summed E-state index contributed by atoms with van der Waals surface area (Å²) in [5.74, 6) is 1.26. The van der Waals surface area contributed by atoms with Crippen molar-refractivity contribution in [2.75, 3.05) is 13.2 Å². The fourth-order valence-electron chi connectivity index (χ4n) is 10.6. The molecule has 0 aliphatic rings. The van der Waals surface area contributed by atoms with Gasteiger partial charge in [-0.3, -0.25) is 9.59 Å². The minimum absolute atomic E-state index is 0.0459. The molecule has 0 saturated heterocycles. The van der Waals surface area contributed by atoms with E-state index in [-0.39, 0.29) is 11.9 Å². The molecule has 0 bridgehead atoms. The second-order valence-corrected chi connectivity index (χ2v) is 23.3. The van der Waals surface area contributed by atoms with E-state index in [1.165, 1.54) is 334 Å². The van der Waals surface area contributed by atoms with Crippen LogP contribution in [0.25, 0.3) is 0 Å². The number of hydrogen-bond acceptors (Lipinski definition) is 4. The normalized spacial score (nSPS) is 12.2. The van der Waals surface area contributed by atoms with Crippen molar-refractivity contribution in [2.45, 2.75) is 401 Å². The Bertz CT molecular complexity index is 995. The molecule has 2 unspecified atom stereocenters. The number of esters is 2. The Labute approximate surface area is 455 Å². The van der Waals surface area contributed by atoms with Crippen molar-refractivity contribution in [1.29, 1.82) is 0 Å². The van der Waals surface area contributed by atoms with Gasteiger partial charge in [-0.05, 0) is 50.4 Å². The molecule has 432 valence electrons. The Balaban J connectivity index is 0. The van der Waals surface area contributed by atoms with Crippen LogP contribution < -0.4 is 0 Å². The maximum Gasteiger partial charge on any atom is 0.305 e. The van der Waals surface area contributed by atoms with Crippen LogP contribution in [0.4, 0.5) is 0 Å². The Morgan fingerprint density at radius 2 is 0.375 bits per heavy atom. The monoisotopic (exact) mass is 1020 g/mol. The summed E-state index contributed by atoms with van der Waals surface area (Å²) in [5, 5.41) is 0. The van der Waals surface area contributed by atoms with Crippen LogP contribution in [0, 0.1) is 11.8 Å². The highest BCUT2D eigenvalue weighted by atomic mass is 16.5. The van der Waals surface area contributed by atoms with Crippen molar-refractivity contribution in [3.8, 4) is 0 Å². The summed E-state index contributed by atoms with van der Waals surface area (Å²) >= 11 is 0. The topological polar surface area (TPSA) is 52.6 Å². The van der Waals surface area contributed by atoms with Gasteiger partial charge in [0.05, 0.1) is 13.2 Å². The largest absolute Gasteiger partial charge is 0.465 e. The van der Waals surface area contributed by atoms with Crippen molar-refractivity contribution < 1.29 is 19.1 Å². The second kappa shape index (κ2) is 66.1. The van der Waals surface area contributed by atoms with Gasteiger partial charge >= 0.3 is 11.9 Å². The first-order chi connectivity index (χ1) is 35.5. The average Bonchev–Trinajstić information content (AvgIpc) is 3.38. The van der Waals surface area contributed by atoms with Crippen LogP contribution in [-0.4, -0.2) is 25.2 Å². The van der Waals surface area contributed by atoms with Crippen LogP contribution in [0.5, 0.6) is 0 Å². The van der Waals surface area contributed by atoms with E-state index in [1.54, 1.807) is 0 Å². The number of hydrogen-bond donors (Lipinski definition) is 0. The van der Waals surface area contributed by atoms with Crippen LogP contribution in [0.15, 0.2) is 0 Å². The number of ether oxygens (including phenoxy) is 2. The lowest BCUT2D eigenvalue weighted by molar-refractivity contribution is -0.146. The minimum atomic E-state index is 0.0459. The summed E-state index contributed by atoms with van der Waals surface area (Å²) in [6, 6.07) is 0. The molecule has 4 heteroatoms. The maximum atomic E-state index is 12.4. The minimum Gasteiger partial charge on any atom is -0.465 e. The lowest BCUT2D eigenvalue weighted by Gasteiger charge is -2.17. The van der Waals surface area contributed by atoms with Crippen molar-refractivity contribution in [2.24, 2.45) is 11.8 Å². The number of unbranched alkanes of at least 4 members (excludes halogenated alkanes) is 44. The molecule has 0 fully saturated rings. The van der Waals surface area contributed by atoms with Crippen LogP contribution in [0.2, 0.25) is 0 Å². The second-order valence-electron chi connectivity index (χ2n) is 23.3. The average molecular weight is 1020 g/mol. The van der Waals surface area contributed by atoms with E-state index in [9.17, 15) is 9.59 Å². The highest BCUT2D eigenvalue weighted by Crippen LogP contribution is 2.23. The fraction of sp³-hybridized carbons (Fsp3) is 0.971. The summed E-state index contributed by atoms with van der Waals surface area (Å²) in [6.07, 6.45) is 73.6. The summed E-state index contributed by atoms with van der Waals surface area (Å²) < 4.78 is 11.5. The molecule has 0 heterocycles. The zero-order valence-corrected chi connectivity index (χ0v) is 50.8. The molecule has 0 rings (SSSR count). The predicted octanol–water partition coefficient (Wildman–Crippen LogP) is 24.3. The maximum absolute atomic E-state index is 12.4. The van der Waals surface area contributed by atoms with E-state index < -0.39 is 0 Å². The van der Waals surface area contributed by atoms with E-state index in [2.05, 4.69) is 41.5 Å². The Kier molecular flexibility index (Phi) is 67.0. The summed E-state index contributed by atoms with van der Waals surface area (Å²) in [6.45, 7) is 15.0. The van der Waals surface area contributed by atoms with Gasteiger partial charge in [-0.1, -0.05) is 350 Å². The van der Waals surface area contributed by atoms with Gasteiger partial charge in [0.2, 0.25) is 0 Å².